The number of fused-ring (bicyclic) bond motifs is 1. The van der Waals surface area contributed by atoms with Crippen molar-refractivity contribution in [2.45, 2.75) is 32.1 Å². The number of nitrogens with one attached hydrogen (secondary N) is 1. The van der Waals surface area contributed by atoms with Crippen LogP contribution in [0.3, 0.4) is 0 Å². The van der Waals surface area contributed by atoms with Crippen molar-refractivity contribution in [2.75, 3.05) is 26.1 Å². The number of hydrogen-bond donors (Lipinski definition) is 1. The second-order valence-electron chi connectivity index (χ2n) is 6.61. The SMILES string of the molecule is COC(=O)COc1cccc(C(=O)Nc2sc3c(c2C(=O)OC)CCCCC3)c1. The Kier molecular flexibility index (Phi) is 6.87. The van der Waals surface area contributed by atoms with E-state index in [0.717, 1.165) is 42.5 Å². The summed E-state index contributed by atoms with van der Waals surface area (Å²) in [6.07, 6.45) is 4.92. The maximum atomic E-state index is 12.8. The number of thiophene rings is 1. The van der Waals surface area contributed by atoms with E-state index in [1.54, 1.807) is 18.2 Å². The van der Waals surface area contributed by atoms with Crippen LogP contribution in [0.4, 0.5) is 5.00 Å². The minimum absolute atomic E-state index is 0.244. The number of carbonyl (C=O) groups is 3. The summed E-state index contributed by atoms with van der Waals surface area (Å²) in [6, 6.07) is 6.48. The van der Waals surface area contributed by atoms with Crippen LogP contribution in [0.2, 0.25) is 0 Å². The number of anilines is 1. The molecule has 1 amide bonds. The number of esters is 2. The molecule has 0 unspecified atom stereocenters. The molecule has 0 spiro atoms. The summed E-state index contributed by atoms with van der Waals surface area (Å²) in [5, 5.41) is 3.36. The molecule has 1 aliphatic rings. The molecule has 0 saturated carbocycles. The van der Waals surface area contributed by atoms with Crippen molar-refractivity contribution in [1.82, 2.24) is 0 Å². The zero-order valence-corrected chi connectivity index (χ0v) is 17.2. The number of rotatable bonds is 6. The van der Waals surface area contributed by atoms with E-state index in [1.165, 1.54) is 31.6 Å². The molecule has 7 nitrogen and oxygen atoms in total. The average Bonchev–Trinajstić information content (AvgIpc) is 2.91. The van der Waals surface area contributed by atoms with Gasteiger partial charge in [-0.1, -0.05) is 12.5 Å². The van der Waals surface area contributed by atoms with E-state index in [9.17, 15) is 14.4 Å². The first-order valence-corrected chi connectivity index (χ1v) is 10.2. The predicted molar refractivity (Wildman–Crippen MR) is 109 cm³/mol. The Hall–Kier alpha value is -2.87. The van der Waals surface area contributed by atoms with E-state index in [1.807, 2.05) is 0 Å². The topological polar surface area (TPSA) is 90.9 Å². The van der Waals surface area contributed by atoms with E-state index in [4.69, 9.17) is 9.47 Å². The Morgan fingerprint density at radius 2 is 1.86 bits per heavy atom. The van der Waals surface area contributed by atoms with Gasteiger partial charge in [0.1, 0.15) is 10.8 Å². The highest BCUT2D eigenvalue weighted by Crippen LogP contribution is 2.38. The molecule has 2 aromatic rings. The van der Waals surface area contributed by atoms with Gasteiger partial charge in [-0.3, -0.25) is 4.79 Å². The minimum Gasteiger partial charge on any atom is -0.482 e. The van der Waals surface area contributed by atoms with Crippen LogP contribution in [0.25, 0.3) is 0 Å². The monoisotopic (exact) mass is 417 g/mol. The summed E-state index contributed by atoms with van der Waals surface area (Å²) < 4.78 is 14.8. The van der Waals surface area contributed by atoms with Gasteiger partial charge < -0.3 is 19.5 Å². The standard InChI is InChI=1S/C21H23NO6S/c1-26-17(23)12-28-14-8-6-7-13(11-14)19(24)22-20-18(21(25)27-2)15-9-4-3-5-10-16(15)29-20/h6-8,11H,3-5,9-10,12H2,1-2H3,(H,22,24). The molecule has 8 heteroatoms. The molecular weight excluding hydrogens is 394 g/mol. The van der Waals surface area contributed by atoms with Gasteiger partial charge in [0, 0.05) is 10.4 Å². The van der Waals surface area contributed by atoms with Gasteiger partial charge in [-0.2, -0.15) is 0 Å². The van der Waals surface area contributed by atoms with Crippen LogP contribution < -0.4 is 10.1 Å². The first-order chi connectivity index (χ1) is 14.0. The summed E-state index contributed by atoms with van der Waals surface area (Å²) in [7, 11) is 2.62. The van der Waals surface area contributed by atoms with Gasteiger partial charge in [0.2, 0.25) is 0 Å². The molecule has 29 heavy (non-hydrogen) atoms. The van der Waals surface area contributed by atoms with Crippen LogP contribution in [0.15, 0.2) is 24.3 Å². The van der Waals surface area contributed by atoms with E-state index in [2.05, 4.69) is 10.1 Å². The number of ether oxygens (including phenoxy) is 3. The highest BCUT2D eigenvalue weighted by molar-refractivity contribution is 7.17. The third kappa shape index (κ3) is 4.95. The van der Waals surface area contributed by atoms with Gasteiger partial charge in [-0.05, 0) is 49.4 Å². The van der Waals surface area contributed by atoms with Crippen molar-refractivity contribution in [3.8, 4) is 5.75 Å². The van der Waals surface area contributed by atoms with Crippen molar-refractivity contribution in [3.05, 3.63) is 45.8 Å². The first-order valence-electron chi connectivity index (χ1n) is 9.37. The molecule has 0 saturated heterocycles. The Morgan fingerprint density at radius 3 is 2.62 bits per heavy atom. The quantitative estimate of drug-likeness (QED) is 0.570. The lowest BCUT2D eigenvalue weighted by molar-refractivity contribution is -0.142. The number of carbonyl (C=O) groups excluding carboxylic acids is 3. The summed E-state index contributed by atoms with van der Waals surface area (Å²) in [5.41, 5.74) is 1.80. The fraction of sp³-hybridized carbons (Fsp3) is 0.381. The number of methoxy groups -OCH3 is 2. The summed E-state index contributed by atoms with van der Waals surface area (Å²) in [4.78, 5) is 37.6. The minimum atomic E-state index is -0.511. The maximum absolute atomic E-state index is 12.8. The normalized spacial score (nSPS) is 13.0. The molecular formula is C21H23NO6S. The molecule has 0 fully saturated rings. The van der Waals surface area contributed by atoms with E-state index >= 15 is 0 Å². The van der Waals surface area contributed by atoms with Crippen molar-refractivity contribution >= 4 is 34.2 Å². The summed E-state index contributed by atoms with van der Waals surface area (Å²) in [5.74, 6) is -0.939. The lowest BCUT2D eigenvalue weighted by atomic mass is 10.1. The predicted octanol–water partition coefficient (Wildman–Crippen LogP) is 3.61. The molecule has 0 radical (unpaired) electrons. The van der Waals surface area contributed by atoms with Gasteiger partial charge in [0.25, 0.3) is 5.91 Å². The third-order valence-corrected chi connectivity index (χ3v) is 5.93. The van der Waals surface area contributed by atoms with Crippen molar-refractivity contribution < 1.29 is 28.6 Å². The van der Waals surface area contributed by atoms with Crippen LogP contribution in [0.5, 0.6) is 5.75 Å². The molecule has 1 aliphatic carbocycles. The van der Waals surface area contributed by atoms with Crippen molar-refractivity contribution in [3.63, 3.8) is 0 Å². The van der Waals surface area contributed by atoms with Gasteiger partial charge >= 0.3 is 11.9 Å². The number of hydrogen-bond acceptors (Lipinski definition) is 7. The smallest absolute Gasteiger partial charge is 0.343 e. The van der Waals surface area contributed by atoms with Crippen molar-refractivity contribution in [1.29, 1.82) is 0 Å². The molecule has 0 bridgehead atoms. The molecule has 1 N–H and O–H groups in total. The Labute approximate surface area is 173 Å². The lowest BCUT2D eigenvalue weighted by Gasteiger charge is -2.09. The Bertz CT molecular complexity index is 920. The van der Waals surface area contributed by atoms with E-state index < -0.39 is 11.9 Å². The van der Waals surface area contributed by atoms with Crippen LogP contribution in [0.1, 0.15) is 50.4 Å². The maximum Gasteiger partial charge on any atom is 0.343 e. The third-order valence-electron chi connectivity index (χ3n) is 4.72. The van der Waals surface area contributed by atoms with Gasteiger partial charge in [0.05, 0.1) is 19.8 Å². The van der Waals surface area contributed by atoms with Crippen LogP contribution in [-0.2, 0) is 27.1 Å². The highest BCUT2D eigenvalue weighted by Gasteiger charge is 2.26. The number of amides is 1. The summed E-state index contributed by atoms with van der Waals surface area (Å²) >= 11 is 1.44. The molecule has 3 rings (SSSR count). The largest absolute Gasteiger partial charge is 0.482 e. The molecule has 1 aromatic heterocycles. The Balaban J connectivity index is 1.82. The molecule has 154 valence electrons. The lowest BCUT2D eigenvalue weighted by Crippen LogP contribution is -2.15. The second-order valence-corrected chi connectivity index (χ2v) is 7.71. The van der Waals surface area contributed by atoms with Crippen molar-refractivity contribution in [2.24, 2.45) is 0 Å². The van der Waals surface area contributed by atoms with E-state index in [0.29, 0.717) is 21.9 Å². The zero-order valence-electron chi connectivity index (χ0n) is 16.4. The number of aryl methyl sites for hydroxylation is 1. The van der Waals surface area contributed by atoms with E-state index in [-0.39, 0.29) is 12.5 Å². The molecule has 1 heterocycles. The van der Waals surface area contributed by atoms with Gasteiger partial charge in [0.15, 0.2) is 6.61 Å². The molecule has 1 aromatic carbocycles. The summed E-state index contributed by atoms with van der Waals surface area (Å²) in [6.45, 7) is -0.244. The first kappa shape index (κ1) is 20.9. The van der Waals surface area contributed by atoms with Gasteiger partial charge in [-0.25, -0.2) is 9.59 Å². The van der Waals surface area contributed by atoms with Crippen LogP contribution in [0, 0.1) is 0 Å². The fourth-order valence-electron chi connectivity index (χ4n) is 3.25. The molecule has 0 atom stereocenters. The zero-order chi connectivity index (χ0) is 20.8. The van der Waals surface area contributed by atoms with Gasteiger partial charge in [-0.15, -0.1) is 11.3 Å². The fourth-order valence-corrected chi connectivity index (χ4v) is 4.52. The molecule has 0 aliphatic heterocycles. The Morgan fingerprint density at radius 1 is 1.07 bits per heavy atom. The second kappa shape index (κ2) is 9.56. The van der Waals surface area contributed by atoms with Crippen LogP contribution >= 0.6 is 11.3 Å². The average molecular weight is 417 g/mol. The van der Waals surface area contributed by atoms with Crippen LogP contribution in [-0.4, -0.2) is 38.7 Å². The number of benzene rings is 1. The highest BCUT2D eigenvalue weighted by atomic mass is 32.1.